The summed E-state index contributed by atoms with van der Waals surface area (Å²) in [5, 5.41) is 4.37. The van der Waals surface area contributed by atoms with Crippen LogP contribution in [0.15, 0.2) is 39.3 Å². The molecule has 0 aliphatic heterocycles. The zero-order valence-corrected chi connectivity index (χ0v) is 16.0. The van der Waals surface area contributed by atoms with Gasteiger partial charge in [-0.05, 0) is 92.2 Å². The van der Waals surface area contributed by atoms with Crippen LogP contribution in [0.1, 0.15) is 39.3 Å². The van der Waals surface area contributed by atoms with Gasteiger partial charge in [-0.2, -0.15) is 5.10 Å². The van der Waals surface area contributed by atoms with Gasteiger partial charge < -0.3 is 0 Å². The topological polar surface area (TPSA) is 30.2 Å². The second-order valence-corrected chi connectivity index (χ2v) is 8.68. The first-order valence-electron chi connectivity index (χ1n) is 7.55. The molecule has 23 heavy (non-hydrogen) atoms. The smallest absolute Gasteiger partial charge is 0.123 e. The Balaban J connectivity index is 1.96. The SMILES string of the molecule is CC(C)(C)S/N=C/CCCc1c(Br)cnn1-c1ccc(F)cc1. The monoisotopic (exact) mass is 397 g/mol. The maximum Gasteiger partial charge on any atom is 0.123 e. The molecule has 0 radical (unpaired) electrons. The average Bonchev–Trinajstić information content (AvgIpc) is 2.84. The molecule has 0 amide bonds. The van der Waals surface area contributed by atoms with E-state index in [1.807, 2.05) is 10.9 Å². The molecule has 124 valence electrons. The Morgan fingerprint density at radius 2 is 2.00 bits per heavy atom. The van der Waals surface area contributed by atoms with Gasteiger partial charge in [-0.3, -0.25) is 0 Å². The molecule has 0 aliphatic rings. The molecule has 0 saturated heterocycles. The lowest BCUT2D eigenvalue weighted by molar-refractivity contribution is 0.626. The Hall–Kier alpha value is -1.14. The molecule has 0 unspecified atom stereocenters. The second kappa shape index (κ2) is 8.11. The normalized spacial score (nSPS) is 12.2. The molecule has 2 rings (SSSR count). The molecule has 3 nitrogen and oxygen atoms in total. The lowest BCUT2D eigenvalue weighted by atomic mass is 10.2. The summed E-state index contributed by atoms with van der Waals surface area (Å²) < 4.78 is 20.4. The van der Waals surface area contributed by atoms with Crippen molar-refractivity contribution >= 4 is 34.1 Å². The van der Waals surface area contributed by atoms with Crippen molar-refractivity contribution in [3.05, 3.63) is 46.4 Å². The summed E-state index contributed by atoms with van der Waals surface area (Å²) in [7, 11) is 0. The van der Waals surface area contributed by atoms with E-state index in [4.69, 9.17) is 0 Å². The lowest BCUT2D eigenvalue weighted by Gasteiger charge is -2.12. The van der Waals surface area contributed by atoms with Crippen molar-refractivity contribution in [3.63, 3.8) is 0 Å². The number of nitrogens with zero attached hydrogens (tertiary/aromatic N) is 3. The Bertz CT molecular complexity index is 659. The zero-order chi connectivity index (χ0) is 16.9. The van der Waals surface area contributed by atoms with Crippen LogP contribution in [-0.2, 0) is 6.42 Å². The number of benzene rings is 1. The predicted octanol–water partition coefficient (Wildman–Crippen LogP) is 5.61. The maximum absolute atomic E-state index is 13.1. The third-order valence-corrected chi connectivity index (χ3v) is 4.50. The van der Waals surface area contributed by atoms with Gasteiger partial charge in [-0.25, -0.2) is 13.5 Å². The van der Waals surface area contributed by atoms with Crippen molar-refractivity contribution < 1.29 is 4.39 Å². The van der Waals surface area contributed by atoms with Crippen LogP contribution in [0, 0.1) is 5.82 Å². The zero-order valence-electron chi connectivity index (χ0n) is 13.6. The molecule has 0 saturated carbocycles. The van der Waals surface area contributed by atoms with Crippen molar-refractivity contribution in [3.8, 4) is 5.69 Å². The number of halogens is 2. The minimum atomic E-state index is -0.242. The molecule has 2 aromatic rings. The van der Waals surface area contributed by atoms with Gasteiger partial charge in [0, 0.05) is 11.0 Å². The van der Waals surface area contributed by atoms with Crippen LogP contribution in [0.3, 0.4) is 0 Å². The van der Waals surface area contributed by atoms with Crippen LogP contribution in [0.5, 0.6) is 0 Å². The highest BCUT2D eigenvalue weighted by Crippen LogP contribution is 2.24. The number of aromatic nitrogens is 2. The van der Waals surface area contributed by atoms with Gasteiger partial charge in [0.2, 0.25) is 0 Å². The van der Waals surface area contributed by atoms with E-state index in [2.05, 4.69) is 46.2 Å². The van der Waals surface area contributed by atoms with Gasteiger partial charge in [-0.15, -0.1) is 0 Å². The van der Waals surface area contributed by atoms with Gasteiger partial charge in [0.15, 0.2) is 0 Å². The Labute approximate surface area is 149 Å². The van der Waals surface area contributed by atoms with Crippen LogP contribution >= 0.6 is 27.9 Å². The Kier molecular flexibility index (Phi) is 6.41. The van der Waals surface area contributed by atoms with E-state index in [1.165, 1.54) is 12.1 Å². The van der Waals surface area contributed by atoms with E-state index in [9.17, 15) is 4.39 Å². The molecule has 1 aromatic heterocycles. The second-order valence-electron chi connectivity index (χ2n) is 6.21. The fourth-order valence-electron chi connectivity index (χ4n) is 1.99. The van der Waals surface area contributed by atoms with E-state index in [-0.39, 0.29) is 10.6 Å². The number of hydrogen-bond donors (Lipinski definition) is 0. The minimum Gasteiger partial charge on any atom is -0.237 e. The Morgan fingerprint density at radius 1 is 1.30 bits per heavy atom. The fraction of sp³-hybridized carbons (Fsp3) is 0.412. The summed E-state index contributed by atoms with van der Waals surface area (Å²) >= 11 is 5.14. The van der Waals surface area contributed by atoms with Crippen molar-refractivity contribution in [2.24, 2.45) is 4.40 Å². The highest BCUT2D eigenvalue weighted by molar-refractivity contribution is 9.10. The van der Waals surface area contributed by atoms with E-state index in [0.29, 0.717) is 0 Å². The average molecular weight is 398 g/mol. The number of hydrogen-bond acceptors (Lipinski definition) is 3. The Morgan fingerprint density at radius 3 is 2.65 bits per heavy atom. The van der Waals surface area contributed by atoms with Gasteiger partial charge in [-0.1, -0.05) is 0 Å². The van der Waals surface area contributed by atoms with Gasteiger partial charge in [0.1, 0.15) is 5.82 Å². The summed E-state index contributed by atoms with van der Waals surface area (Å²) in [5.74, 6) is -0.242. The quantitative estimate of drug-likeness (QED) is 0.360. The van der Waals surface area contributed by atoms with E-state index < -0.39 is 0 Å². The molecule has 1 heterocycles. The first kappa shape index (κ1) is 18.2. The van der Waals surface area contributed by atoms with Gasteiger partial charge in [0.25, 0.3) is 0 Å². The van der Waals surface area contributed by atoms with Crippen LogP contribution in [0.25, 0.3) is 5.69 Å². The molecule has 0 bridgehead atoms. The van der Waals surface area contributed by atoms with E-state index >= 15 is 0 Å². The summed E-state index contributed by atoms with van der Waals surface area (Å²) in [4.78, 5) is 0. The molecule has 0 atom stereocenters. The van der Waals surface area contributed by atoms with Crippen LogP contribution < -0.4 is 0 Å². The first-order valence-corrected chi connectivity index (χ1v) is 9.12. The highest BCUT2D eigenvalue weighted by Gasteiger charge is 2.11. The fourth-order valence-corrected chi connectivity index (χ4v) is 2.95. The minimum absolute atomic E-state index is 0.154. The van der Waals surface area contributed by atoms with Gasteiger partial charge >= 0.3 is 0 Å². The molecule has 6 heteroatoms. The van der Waals surface area contributed by atoms with Crippen molar-refractivity contribution in [1.82, 2.24) is 9.78 Å². The van der Waals surface area contributed by atoms with Crippen molar-refractivity contribution in [2.75, 3.05) is 0 Å². The first-order chi connectivity index (χ1) is 10.9. The molecule has 0 fully saturated rings. The molecule has 0 spiro atoms. The standard InChI is InChI=1S/C17H21BrFN3S/c1-17(2,3)23-21-11-5-4-6-16-15(18)12-20-22(16)14-9-7-13(19)8-10-14/h7-12H,4-6H2,1-3H3/b21-11+. The lowest BCUT2D eigenvalue weighted by Crippen LogP contribution is -2.05. The van der Waals surface area contributed by atoms with Gasteiger partial charge in [0.05, 0.1) is 22.1 Å². The van der Waals surface area contributed by atoms with E-state index in [0.717, 1.165) is 35.1 Å². The third-order valence-electron chi connectivity index (χ3n) is 3.04. The largest absolute Gasteiger partial charge is 0.237 e. The van der Waals surface area contributed by atoms with E-state index in [1.54, 1.807) is 30.3 Å². The van der Waals surface area contributed by atoms with Crippen molar-refractivity contribution in [2.45, 2.75) is 44.8 Å². The molecule has 0 aliphatic carbocycles. The molecule has 0 N–H and O–H groups in total. The third kappa shape index (κ3) is 5.77. The molecular formula is C17H21BrFN3S. The van der Waals surface area contributed by atoms with Crippen LogP contribution in [0.2, 0.25) is 0 Å². The predicted molar refractivity (Wildman–Crippen MR) is 100.0 cm³/mol. The van der Waals surface area contributed by atoms with Crippen LogP contribution in [-0.4, -0.2) is 20.7 Å². The molecule has 1 aromatic carbocycles. The number of unbranched alkanes of at least 4 members (excludes halogenated alkanes) is 1. The van der Waals surface area contributed by atoms with Crippen molar-refractivity contribution in [1.29, 1.82) is 0 Å². The number of rotatable bonds is 6. The summed E-state index contributed by atoms with van der Waals surface area (Å²) in [6.45, 7) is 6.44. The summed E-state index contributed by atoms with van der Waals surface area (Å²) in [6, 6.07) is 6.37. The molecular weight excluding hydrogens is 377 g/mol. The highest BCUT2D eigenvalue weighted by atomic mass is 79.9. The maximum atomic E-state index is 13.1. The van der Waals surface area contributed by atoms with Crippen LogP contribution in [0.4, 0.5) is 4.39 Å². The summed E-state index contributed by atoms with van der Waals surface area (Å²) in [6.07, 6.45) is 6.54. The summed E-state index contributed by atoms with van der Waals surface area (Å²) in [5.41, 5.74) is 1.96.